The van der Waals surface area contributed by atoms with Gasteiger partial charge in [-0.25, -0.2) is 8.42 Å². The number of nitrogens with one attached hydrogen (secondary N) is 1. The lowest BCUT2D eigenvalue weighted by atomic mass is 9.99. The van der Waals surface area contributed by atoms with E-state index in [0.717, 1.165) is 5.92 Å². The fourth-order valence-electron chi connectivity index (χ4n) is 1.76. The molecule has 0 aromatic carbocycles. The molecule has 4 heteroatoms. The van der Waals surface area contributed by atoms with Crippen molar-refractivity contribution >= 4 is 9.84 Å². The molecule has 0 heterocycles. The van der Waals surface area contributed by atoms with Crippen LogP contribution in [0.2, 0.25) is 0 Å². The molecule has 0 saturated heterocycles. The van der Waals surface area contributed by atoms with Gasteiger partial charge in [-0.05, 0) is 53.4 Å². The van der Waals surface area contributed by atoms with E-state index < -0.39 is 14.6 Å². The van der Waals surface area contributed by atoms with Gasteiger partial charge in [-0.3, -0.25) is 0 Å². The first-order chi connectivity index (χ1) is 7.06. The molecule has 0 radical (unpaired) electrons. The summed E-state index contributed by atoms with van der Waals surface area (Å²) in [5.74, 6) is 0.956. The number of rotatable bonds is 5. The average Bonchev–Trinajstić information content (AvgIpc) is 2.82. The molecule has 0 bridgehead atoms. The molecule has 1 rings (SSSR count). The lowest BCUT2D eigenvalue weighted by Crippen LogP contribution is -2.45. The quantitative estimate of drug-likeness (QED) is 0.808. The molecule has 1 N–H and O–H groups in total. The predicted octanol–water partition coefficient (Wildman–Crippen LogP) is 1.98. The Labute approximate surface area is 99.9 Å². The van der Waals surface area contributed by atoms with Crippen molar-refractivity contribution in [1.82, 2.24) is 5.32 Å². The lowest BCUT2D eigenvalue weighted by molar-refractivity contribution is 0.350. The van der Waals surface area contributed by atoms with Crippen LogP contribution in [0.4, 0.5) is 0 Å². The summed E-state index contributed by atoms with van der Waals surface area (Å²) in [7, 11) is -2.99. The van der Waals surface area contributed by atoms with E-state index in [1.165, 1.54) is 12.8 Å². The number of hydrogen-bond donors (Lipinski definition) is 1. The smallest absolute Gasteiger partial charge is 0.156 e. The average molecular weight is 247 g/mol. The second-order valence-electron chi connectivity index (χ2n) is 6.35. The SMILES string of the molecule is CC(C)(NCCS(=O)(=O)C(C)(C)C)C1CC1. The van der Waals surface area contributed by atoms with Crippen LogP contribution in [-0.4, -0.2) is 31.0 Å². The summed E-state index contributed by atoms with van der Waals surface area (Å²) in [6.45, 7) is 10.2. The van der Waals surface area contributed by atoms with Gasteiger partial charge in [-0.1, -0.05) is 0 Å². The van der Waals surface area contributed by atoms with Crippen molar-refractivity contribution in [3.63, 3.8) is 0 Å². The Morgan fingerprint density at radius 2 is 1.62 bits per heavy atom. The fourth-order valence-corrected chi connectivity index (χ4v) is 2.75. The maximum atomic E-state index is 11.9. The third-order valence-electron chi connectivity index (χ3n) is 3.48. The van der Waals surface area contributed by atoms with Crippen LogP contribution < -0.4 is 5.32 Å². The number of sulfone groups is 1. The molecule has 0 aliphatic heterocycles. The van der Waals surface area contributed by atoms with Crippen molar-refractivity contribution in [1.29, 1.82) is 0 Å². The molecule has 16 heavy (non-hydrogen) atoms. The Morgan fingerprint density at radius 1 is 1.12 bits per heavy atom. The molecule has 1 fully saturated rings. The van der Waals surface area contributed by atoms with Gasteiger partial charge >= 0.3 is 0 Å². The highest BCUT2D eigenvalue weighted by Crippen LogP contribution is 2.39. The molecule has 1 saturated carbocycles. The van der Waals surface area contributed by atoms with Gasteiger partial charge in [-0.2, -0.15) is 0 Å². The van der Waals surface area contributed by atoms with Gasteiger partial charge in [0.15, 0.2) is 9.84 Å². The molecule has 0 amide bonds. The third-order valence-corrected chi connectivity index (χ3v) is 6.09. The Bertz CT molecular complexity index is 335. The van der Waals surface area contributed by atoms with Crippen LogP contribution >= 0.6 is 0 Å². The molecule has 3 nitrogen and oxygen atoms in total. The molecule has 0 unspecified atom stereocenters. The van der Waals surface area contributed by atoms with E-state index >= 15 is 0 Å². The standard InChI is InChI=1S/C12H25NO2S/c1-11(2,3)16(14,15)9-8-13-12(4,5)10-6-7-10/h10,13H,6-9H2,1-5H3. The largest absolute Gasteiger partial charge is 0.311 e. The van der Waals surface area contributed by atoms with Crippen LogP contribution in [0.3, 0.4) is 0 Å². The fraction of sp³-hybridized carbons (Fsp3) is 1.00. The Kier molecular flexibility index (Phi) is 3.75. The van der Waals surface area contributed by atoms with Crippen molar-refractivity contribution < 1.29 is 8.42 Å². The van der Waals surface area contributed by atoms with Crippen molar-refractivity contribution in [3.8, 4) is 0 Å². The molecular weight excluding hydrogens is 222 g/mol. The summed E-state index contributed by atoms with van der Waals surface area (Å²) in [5, 5.41) is 3.37. The molecule has 0 spiro atoms. The third kappa shape index (κ3) is 3.45. The monoisotopic (exact) mass is 247 g/mol. The van der Waals surface area contributed by atoms with E-state index in [2.05, 4.69) is 19.2 Å². The zero-order valence-corrected chi connectivity index (χ0v) is 11.9. The highest BCUT2D eigenvalue weighted by Gasteiger charge is 2.37. The minimum Gasteiger partial charge on any atom is -0.311 e. The molecular formula is C12H25NO2S. The van der Waals surface area contributed by atoms with Gasteiger partial charge in [0.25, 0.3) is 0 Å². The summed E-state index contributed by atoms with van der Waals surface area (Å²) in [5.41, 5.74) is 0.0907. The Balaban J connectivity index is 2.41. The zero-order chi connectivity index (χ0) is 12.6. The molecule has 0 atom stereocenters. The molecule has 1 aliphatic carbocycles. The normalized spacial score (nSPS) is 18.8. The Hall–Kier alpha value is -0.0900. The van der Waals surface area contributed by atoms with E-state index in [-0.39, 0.29) is 11.3 Å². The maximum Gasteiger partial charge on any atom is 0.156 e. The van der Waals surface area contributed by atoms with Gasteiger partial charge < -0.3 is 5.32 Å². The van der Waals surface area contributed by atoms with E-state index in [4.69, 9.17) is 0 Å². The summed E-state index contributed by atoms with van der Waals surface area (Å²) in [6, 6.07) is 0. The van der Waals surface area contributed by atoms with Gasteiger partial charge in [-0.15, -0.1) is 0 Å². The van der Waals surface area contributed by atoms with Gasteiger partial charge in [0, 0.05) is 12.1 Å². The highest BCUT2D eigenvalue weighted by atomic mass is 32.2. The first kappa shape index (κ1) is 14.0. The molecule has 1 aliphatic rings. The van der Waals surface area contributed by atoms with Gasteiger partial charge in [0.05, 0.1) is 10.5 Å². The topological polar surface area (TPSA) is 46.2 Å². The number of hydrogen-bond acceptors (Lipinski definition) is 3. The summed E-state index contributed by atoms with van der Waals surface area (Å²) in [6.07, 6.45) is 2.54. The lowest BCUT2D eigenvalue weighted by Gasteiger charge is -2.27. The summed E-state index contributed by atoms with van der Waals surface area (Å²) >= 11 is 0. The zero-order valence-electron chi connectivity index (χ0n) is 11.1. The van der Waals surface area contributed by atoms with Gasteiger partial charge in [0.1, 0.15) is 0 Å². The van der Waals surface area contributed by atoms with Crippen LogP contribution in [0.5, 0.6) is 0 Å². The minimum atomic E-state index is -2.99. The minimum absolute atomic E-state index is 0.0907. The first-order valence-electron chi connectivity index (χ1n) is 6.03. The maximum absolute atomic E-state index is 11.9. The first-order valence-corrected chi connectivity index (χ1v) is 7.69. The van der Waals surface area contributed by atoms with Crippen LogP contribution in [0.1, 0.15) is 47.5 Å². The van der Waals surface area contributed by atoms with Gasteiger partial charge in [0.2, 0.25) is 0 Å². The predicted molar refractivity (Wildman–Crippen MR) is 68.3 cm³/mol. The summed E-state index contributed by atoms with van der Waals surface area (Å²) < 4.78 is 23.1. The Morgan fingerprint density at radius 3 is 2.00 bits per heavy atom. The van der Waals surface area contributed by atoms with Crippen molar-refractivity contribution in [3.05, 3.63) is 0 Å². The van der Waals surface area contributed by atoms with Crippen molar-refractivity contribution in [2.24, 2.45) is 5.92 Å². The molecule has 0 aromatic heterocycles. The van der Waals surface area contributed by atoms with Crippen LogP contribution in [-0.2, 0) is 9.84 Å². The van der Waals surface area contributed by atoms with Crippen LogP contribution in [0.25, 0.3) is 0 Å². The van der Waals surface area contributed by atoms with E-state index in [1.807, 2.05) is 0 Å². The van der Waals surface area contributed by atoms with E-state index in [9.17, 15) is 8.42 Å². The van der Waals surface area contributed by atoms with Crippen LogP contribution in [0, 0.1) is 5.92 Å². The second-order valence-corrected chi connectivity index (χ2v) is 9.22. The van der Waals surface area contributed by atoms with E-state index in [0.29, 0.717) is 6.54 Å². The highest BCUT2D eigenvalue weighted by molar-refractivity contribution is 7.92. The molecule has 0 aromatic rings. The van der Waals surface area contributed by atoms with Crippen molar-refractivity contribution in [2.75, 3.05) is 12.3 Å². The second kappa shape index (κ2) is 4.30. The molecule has 96 valence electrons. The van der Waals surface area contributed by atoms with E-state index in [1.54, 1.807) is 20.8 Å². The van der Waals surface area contributed by atoms with Crippen LogP contribution in [0.15, 0.2) is 0 Å². The summed E-state index contributed by atoms with van der Waals surface area (Å²) in [4.78, 5) is 0. The van der Waals surface area contributed by atoms with Crippen molar-refractivity contribution in [2.45, 2.75) is 57.7 Å².